The van der Waals surface area contributed by atoms with Gasteiger partial charge in [-0.15, -0.1) is 0 Å². The number of rotatable bonds is 4. The van der Waals surface area contributed by atoms with Gasteiger partial charge in [-0.3, -0.25) is 0 Å². The highest BCUT2D eigenvalue weighted by Crippen LogP contribution is 2.29. The molecule has 1 aliphatic heterocycles. The number of likely N-dealkylation sites (N-methyl/N-ethyl adjacent to an activating group) is 1. The first kappa shape index (κ1) is 13.0. The van der Waals surface area contributed by atoms with E-state index in [2.05, 4.69) is 5.32 Å². The van der Waals surface area contributed by atoms with Gasteiger partial charge in [0.1, 0.15) is 11.6 Å². The van der Waals surface area contributed by atoms with E-state index in [9.17, 15) is 8.78 Å². The molecule has 0 bridgehead atoms. The minimum atomic E-state index is -0.424. The van der Waals surface area contributed by atoms with Crippen LogP contribution < -0.4 is 5.32 Å². The van der Waals surface area contributed by atoms with Gasteiger partial charge in [-0.2, -0.15) is 0 Å². The molecule has 0 saturated heterocycles. The fourth-order valence-corrected chi connectivity index (χ4v) is 2.18. The molecular weight excluding hydrogens is 236 g/mol. The largest absolute Gasteiger partial charge is 0.501 e. The van der Waals surface area contributed by atoms with Crippen molar-refractivity contribution in [1.29, 1.82) is 0 Å². The molecule has 0 aliphatic carbocycles. The van der Waals surface area contributed by atoms with E-state index in [0.717, 1.165) is 24.5 Å². The van der Waals surface area contributed by atoms with Gasteiger partial charge < -0.3 is 10.1 Å². The standard InChI is InChI=1S/C14H17F2NO/c1-2-17-14(10-4-3-7-18-9-10)12-8-11(15)5-6-13(12)16/h5-6,8-9,14,17H,2-4,7H2,1H3. The third-order valence-electron chi connectivity index (χ3n) is 3.01. The average molecular weight is 253 g/mol. The summed E-state index contributed by atoms with van der Waals surface area (Å²) in [6, 6.07) is 3.23. The van der Waals surface area contributed by atoms with E-state index in [1.165, 1.54) is 12.1 Å². The average Bonchev–Trinajstić information content (AvgIpc) is 2.40. The predicted octanol–water partition coefficient (Wildman–Crippen LogP) is 3.31. The number of benzene rings is 1. The van der Waals surface area contributed by atoms with Crippen LogP contribution in [0.15, 0.2) is 30.0 Å². The van der Waals surface area contributed by atoms with Crippen molar-refractivity contribution in [2.45, 2.75) is 25.8 Å². The molecule has 1 heterocycles. The van der Waals surface area contributed by atoms with Crippen LogP contribution in [0.1, 0.15) is 31.4 Å². The molecule has 0 saturated carbocycles. The van der Waals surface area contributed by atoms with Gasteiger partial charge in [0.2, 0.25) is 0 Å². The fraction of sp³-hybridized carbons (Fsp3) is 0.429. The quantitative estimate of drug-likeness (QED) is 0.888. The van der Waals surface area contributed by atoms with Crippen LogP contribution in [0.2, 0.25) is 0 Å². The Morgan fingerprint density at radius 3 is 2.89 bits per heavy atom. The van der Waals surface area contributed by atoms with Gasteiger partial charge in [0.05, 0.1) is 18.9 Å². The molecule has 18 heavy (non-hydrogen) atoms. The zero-order valence-electron chi connectivity index (χ0n) is 10.4. The third kappa shape index (κ3) is 2.88. The molecule has 1 unspecified atom stereocenters. The molecule has 0 fully saturated rings. The third-order valence-corrected chi connectivity index (χ3v) is 3.01. The number of hydrogen-bond donors (Lipinski definition) is 1. The molecule has 98 valence electrons. The Balaban J connectivity index is 2.34. The molecule has 1 aromatic rings. The molecule has 1 N–H and O–H groups in total. The maximum absolute atomic E-state index is 13.8. The van der Waals surface area contributed by atoms with Crippen LogP contribution in [-0.4, -0.2) is 13.2 Å². The van der Waals surface area contributed by atoms with Gasteiger partial charge in [-0.05, 0) is 43.2 Å². The lowest BCUT2D eigenvalue weighted by molar-refractivity contribution is 0.219. The van der Waals surface area contributed by atoms with E-state index in [-0.39, 0.29) is 6.04 Å². The summed E-state index contributed by atoms with van der Waals surface area (Å²) in [7, 11) is 0. The van der Waals surface area contributed by atoms with Gasteiger partial charge in [0, 0.05) is 5.56 Å². The van der Waals surface area contributed by atoms with Crippen LogP contribution in [0.4, 0.5) is 8.78 Å². The molecular formula is C14H17F2NO. The zero-order chi connectivity index (χ0) is 13.0. The second kappa shape index (κ2) is 5.96. The summed E-state index contributed by atoms with van der Waals surface area (Å²) in [5.74, 6) is -0.819. The van der Waals surface area contributed by atoms with Crippen molar-refractivity contribution in [3.63, 3.8) is 0 Å². The van der Waals surface area contributed by atoms with Crippen LogP contribution in [0, 0.1) is 11.6 Å². The van der Waals surface area contributed by atoms with E-state index in [0.29, 0.717) is 18.7 Å². The Bertz CT molecular complexity index is 445. The van der Waals surface area contributed by atoms with Crippen molar-refractivity contribution in [2.75, 3.05) is 13.2 Å². The molecule has 1 atom stereocenters. The number of halogens is 2. The topological polar surface area (TPSA) is 21.3 Å². The van der Waals surface area contributed by atoms with Gasteiger partial charge in [0.15, 0.2) is 0 Å². The second-order valence-corrected chi connectivity index (χ2v) is 4.32. The highest BCUT2D eigenvalue weighted by Gasteiger charge is 2.21. The van der Waals surface area contributed by atoms with Crippen LogP contribution in [-0.2, 0) is 4.74 Å². The maximum Gasteiger partial charge on any atom is 0.128 e. The van der Waals surface area contributed by atoms with Crippen LogP contribution in [0.3, 0.4) is 0 Å². The first-order valence-corrected chi connectivity index (χ1v) is 6.21. The summed E-state index contributed by atoms with van der Waals surface area (Å²) in [5, 5.41) is 3.18. The Kier molecular flexibility index (Phi) is 4.31. The lowest BCUT2D eigenvalue weighted by Gasteiger charge is -2.24. The van der Waals surface area contributed by atoms with E-state index >= 15 is 0 Å². The molecule has 1 aromatic carbocycles. The van der Waals surface area contributed by atoms with Crippen molar-refractivity contribution in [3.8, 4) is 0 Å². The summed E-state index contributed by atoms with van der Waals surface area (Å²) >= 11 is 0. The monoisotopic (exact) mass is 253 g/mol. The van der Waals surface area contributed by atoms with E-state index in [1.54, 1.807) is 6.26 Å². The molecule has 0 aromatic heterocycles. The number of nitrogens with one attached hydrogen (secondary N) is 1. The molecule has 2 rings (SSSR count). The van der Waals surface area contributed by atoms with E-state index in [4.69, 9.17) is 4.74 Å². The molecule has 0 radical (unpaired) electrons. The summed E-state index contributed by atoms with van der Waals surface area (Å²) in [6.07, 6.45) is 3.42. The van der Waals surface area contributed by atoms with Gasteiger partial charge in [0.25, 0.3) is 0 Å². The highest BCUT2D eigenvalue weighted by molar-refractivity contribution is 5.30. The van der Waals surface area contributed by atoms with Crippen molar-refractivity contribution >= 4 is 0 Å². The Labute approximate surface area is 106 Å². The summed E-state index contributed by atoms with van der Waals surface area (Å²) in [4.78, 5) is 0. The van der Waals surface area contributed by atoms with Gasteiger partial charge >= 0.3 is 0 Å². The summed E-state index contributed by atoms with van der Waals surface area (Å²) < 4.78 is 32.4. The molecule has 0 spiro atoms. The number of hydrogen-bond acceptors (Lipinski definition) is 2. The van der Waals surface area contributed by atoms with Crippen LogP contribution in [0.25, 0.3) is 0 Å². The summed E-state index contributed by atoms with van der Waals surface area (Å²) in [5.41, 5.74) is 1.31. The van der Waals surface area contributed by atoms with Crippen molar-refractivity contribution in [2.24, 2.45) is 0 Å². The van der Waals surface area contributed by atoms with Gasteiger partial charge in [-0.25, -0.2) is 8.78 Å². The number of ether oxygens (including phenoxy) is 1. The predicted molar refractivity (Wildman–Crippen MR) is 66.0 cm³/mol. The highest BCUT2D eigenvalue weighted by atomic mass is 19.1. The Morgan fingerprint density at radius 2 is 2.22 bits per heavy atom. The molecule has 0 amide bonds. The Hall–Kier alpha value is -1.42. The molecule has 4 heteroatoms. The lowest BCUT2D eigenvalue weighted by atomic mass is 9.94. The minimum Gasteiger partial charge on any atom is -0.501 e. The van der Waals surface area contributed by atoms with E-state index in [1.807, 2.05) is 6.92 Å². The normalized spacial score (nSPS) is 16.9. The summed E-state index contributed by atoms with van der Waals surface area (Å²) in [6.45, 7) is 3.31. The van der Waals surface area contributed by atoms with Gasteiger partial charge in [-0.1, -0.05) is 6.92 Å². The second-order valence-electron chi connectivity index (χ2n) is 4.32. The van der Waals surface area contributed by atoms with Crippen LogP contribution >= 0.6 is 0 Å². The smallest absolute Gasteiger partial charge is 0.128 e. The van der Waals surface area contributed by atoms with Crippen molar-refractivity contribution in [1.82, 2.24) is 5.32 Å². The first-order chi connectivity index (χ1) is 8.72. The van der Waals surface area contributed by atoms with Crippen LogP contribution in [0.5, 0.6) is 0 Å². The Morgan fingerprint density at radius 1 is 1.39 bits per heavy atom. The van der Waals surface area contributed by atoms with Crippen molar-refractivity contribution in [3.05, 3.63) is 47.2 Å². The molecule has 2 nitrogen and oxygen atoms in total. The van der Waals surface area contributed by atoms with E-state index < -0.39 is 11.6 Å². The van der Waals surface area contributed by atoms with Crippen molar-refractivity contribution < 1.29 is 13.5 Å². The lowest BCUT2D eigenvalue weighted by Crippen LogP contribution is -2.25. The molecule has 1 aliphatic rings. The minimum absolute atomic E-state index is 0.314. The first-order valence-electron chi connectivity index (χ1n) is 6.21. The maximum atomic E-state index is 13.8. The zero-order valence-corrected chi connectivity index (χ0v) is 10.4. The SMILES string of the molecule is CCNC(C1=COCCC1)c1cc(F)ccc1F. The fourth-order valence-electron chi connectivity index (χ4n) is 2.18.